The molecule has 26 heavy (non-hydrogen) atoms. The molecule has 0 unspecified atom stereocenters. The number of benzene rings is 1. The van der Waals surface area contributed by atoms with Crippen LogP contribution in [-0.4, -0.2) is 24.8 Å². The van der Waals surface area contributed by atoms with Crippen molar-refractivity contribution < 1.29 is 9.72 Å². The minimum Gasteiger partial charge on any atom is -0.350 e. The standard InChI is InChI=1S/C15H14N6O5/c1-18-10-7-20(17-14(16)23)12(11(10)13(22)19(2)15(18)24)8-4-3-5-9(6-8)21(25)26/h3-7H,1-2H3,(H3,16,17,23). The molecule has 1 aromatic carbocycles. The highest BCUT2D eigenvalue weighted by Crippen LogP contribution is 2.29. The molecule has 2 amide bonds. The van der Waals surface area contributed by atoms with Crippen molar-refractivity contribution in [2.45, 2.75) is 0 Å². The summed E-state index contributed by atoms with van der Waals surface area (Å²) in [6, 6.07) is 4.66. The second-order valence-electron chi connectivity index (χ2n) is 5.60. The molecule has 0 bridgehead atoms. The Morgan fingerprint density at radius 3 is 2.54 bits per heavy atom. The number of amides is 2. The number of fused-ring (bicyclic) bond motifs is 1. The Morgan fingerprint density at radius 1 is 1.23 bits per heavy atom. The van der Waals surface area contributed by atoms with E-state index in [1.54, 1.807) is 6.07 Å². The molecule has 0 saturated heterocycles. The zero-order chi connectivity index (χ0) is 19.2. The van der Waals surface area contributed by atoms with Crippen LogP contribution in [0.4, 0.5) is 10.5 Å². The van der Waals surface area contributed by atoms with Crippen LogP contribution in [0.1, 0.15) is 0 Å². The first-order valence-electron chi connectivity index (χ1n) is 7.34. The number of nitrogens with zero attached hydrogens (tertiary/aromatic N) is 4. The Labute approximate surface area is 145 Å². The fourth-order valence-corrected chi connectivity index (χ4v) is 2.80. The lowest BCUT2D eigenvalue weighted by molar-refractivity contribution is -0.384. The molecule has 3 N–H and O–H groups in total. The third-order valence-electron chi connectivity index (χ3n) is 4.00. The van der Waals surface area contributed by atoms with Gasteiger partial charge in [-0.25, -0.2) is 15.0 Å². The maximum Gasteiger partial charge on any atom is 0.331 e. The predicted octanol–water partition coefficient (Wildman–Crippen LogP) is 0.236. The summed E-state index contributed by atoms with van der Waals surface area (Å²) in [5.74, 6) is 0. The van der Waals surface area contributed by atoms with Gasteiger partial charge < -0.3 is 5.73 Å². The molecule has 11 nitrogen and oxygen atoms in total. The summed E-state index contributed by atoms with van der Waals surface area (Å²) in [6.07, 6.45) is 1.36. The molecule has 2 aromatic heterocycles. The first-order chi connectivity index (χ1) is 12.2. The summed E-state index contributed by atoms with van der Waals surface area (Å²) < 4.78 is 3.32. The number of nitrogens with one attached hydrogen (secondary N) is 1. The highest BCUT2D eigenvalue weighted by molar-refractivity contribution is 5.95. The molecule has 0 atom stereocenters. The van der Waals surface area contributed by atoms with Gasteiger partial charge in [-0.2, -0.15) is 0 Å². The fraction of sp³-hybridized carbons (Fsp3) is 0.133. The maximum absolute atomic E-state index is 12.7. The fourth-order valence-electron chi connectivity index (χ4n) is 2.80. The summed E-state index contributed by atoms with van der Waals surface area (Å²) in [5, 5.41) is 11.2. The summed E-state index contributed by atoms with van der Waals surface area (Å²) in [6.45, 7) is 0. The average molecular weight is 358 g/mol. The van der Waals surface area contributed by atoms with Crippen molar-refractivity contribution in [3.63, 3.8) is 0 Å². The lowest BCUT2D eigenvalue weighted by Gasteiger charge is -2.09. The number of urea groups is 1. The Kier molecular flexibility index (Phi) is 3.83. The van der Waals surface area contributed by atoms with Crippen LogP contribution in [-0.2, 0) is 14.1 Å². The van der Waals surface area contributed by atoms with E-state index >= 15 is 0 Å². The van der Waals surface area contributed by atoms with Crippen molar-refractivity contribution in [1.29, 1.82) is 0 Å². The Morgan fingerprint density at radius 2 is 1.92 bits per heavy atom. The van der Waals surface area contributed by atoms with Crippen LogP contribution in [0.3, 0.4) is 0 Å². The molecule has 0 aliphatic carbocycles. The topological polar surface area (TPSA) is 147 Å². The van der Waals surface area contributed by atoms with Gasteiger partial charge in [0.25, 0.3) is 11.2 Å². The normalized spacial score (nSPS) is 10.8. The van der Waals surface area contributed by atoms with Gasteiger partial charge in [0.2, 0.25) is 0 Å². The summed E-state index contributed by atoms with van der Waals surface area (Å²) >= 11 is 0. The van der Waals surface area contributed by atoms with Gasteiger partial charge in [0.15, 0.2) is 0 Å². The van der Waals surface area contributed by atoms with E-state index in [1.165, 1.54) is 47.7 Å². The number of aryl methyl sites for hydroxylation is 1. The molecule has 11 heteroatoms. The molecule has 0 saturated carbocycles. The number of nitro benzene ring substituents is 1. The van der Waals surface area contributed by atoms with Gasteiger partial charge in [-0.15, -0.1) is 0 Å². The van der Waals surface area contributed by atoms with Gasteiger partial charge in [-0.3, -0.25) is 28.7 Å². The molecule has 0 aliphatic rings. The van der Waals surface area contributed by atoms with Gasteiger partial charge >= 0.3 is 11.7 Å². The maximum atomic E-state index is 12.7. The predicted molar refractivity (Wildman–Crippen MR) is 93.5 cm³/mol. The Hall–Kier alpha value is -3.89. The van der Waals surface area contributed by atoms with E-state index < -0.39 is 22.2 Å². The number of hydrogen-bond acceptors (Lipinski definition) is 5. The number of aromatic nitrogens is 3. The summed E-state index contributed by atoms with van der Waals surface area (Å²) in [5.41, 5.74) is 6.89. The van der Waals surface area contributed by atoms with Crippen LogP contribution in [0.2, 0.25) is 0 Å². The highest BCUT2D eigenvalue weighted by Gasteiger charge is 2.21. The first kappa shape index (κ1) is 17.0. The second-order valence-corrected chi connectivity index (χ2v) is 5.60. The third kappa shape index (κ3) is 2.51. The average Bonchev–Trinajstić information content (AvgIpc) is 2.96. The third-order valence-corrected chi connectivity index (χ3v) is 4.00. The van der Waals surface area contributed by atoms with Crippen molar-refractivity contribution in [2.24, 2.45) is 19.8 Å². The quantitative estimate of drug-likeness (QED) is 0.508. The molecular weight excluding hydrogens is 344 g/mol. The summed E-state index contributed by atoms with van der Waals surface area (Å²) in [4.78, 5) is 46.6. The SMILES string of the molecule is Cn1c(=O)c2c(-c3cccc([N+](=O)[O-])c3)n(NC(N)=O)cc2n(C)c1=O. The van der Waals surface area contributed by atoms with E-state index in [0.717, 1.165) is 4.57 Å². The van der Waals surface area contributed by atoms with Crippen LogP contribution in [0, 0.1) is 10.1 Å². The number of nitro groups is 1. The van der Waals surface area contributed by atoms with Gasteiger partial charge in [0.05, 0.1) is 27.7 Å². The van der Waals surface area contributed by atoms with Gasteiger partial charge in [0.1, 0.15) is 0 Å². The van der Waals surface area contributed by atoms with Gasteiger partial charge in [0, 0.05) is 31.8 Å². The van der Waals surface area contributed by atoms with Crippen LogP contribution in [0.25, 0.3) is 22.2 Å². The van der Waals surface area contributed by atoms with Gasteiger partial charge in [-0.05, 0) is 0 Å². The largest absolute Gasteiger partial charge is 0.350 e. The van der Waals surface area contributed by atoms with E-state index in [0.29, 0.717) is 5.56 Å². The number of hydrogen-bond donors (Lipinski definition) is 2. The van der Waals surface area contributed by atoms with E-state index in [-0.39, 0.29) is 22.3 Å². The number of carbonyl (C=O) groups is 1. The van der Waals surface area contributed by atoms with Crippen molar-refractivity contribution in [3.8, 4) is 11.3 Å². The number of rotatable bonds is 3. The molecule has 134 valence electrons. The van der Waals surface area contributed by atoms with E-state index in [2.05, 4.69) is 5.43 Å². The zero-order valence-corrected chi connectivity index (χ0v) is 13.8. The Bertz CT molecular complexity index is 1190. The van der Waals surface area contributed by atoms with Crippen LogP contribution >= 0.6 is 0 Å². The second kappa shape index (κ2) is 5.88. The monoisotopic (exact) mass is 358 g/mol. The van der Waals surface area contributed by atoms with Crippen LogP contribution in [0.5, 0.6) is 0 Å². The minimum atomic E-state index is -0.904. The summed E-state index contributed by atoms with van der Waals surface area (Å²) in [7, 11) is 2.79. The van der Waals surface area contributed by atoms with Crippen molar-refractivity contribution in [3.05, 3.63) is 61.4 Å². The van der Waals surface area contributed by atoms with E-state index in [9.17, 15) is 24.5 Å². The van der Waals surface area contributed by atoms with Crippen LogP contribution in [0.15, 0.2) is 40.1 Å². The molecule has 3 rings (SSSR count). The van der Waals surface area contributed by atoms with Crippen molar-refractivity contribution in [1.82, 2.24) is 13.8 Å². The number of nitrogens with two attached hydrogens (primary N) is 1. The molecule has 3 aromatic rings. The first-order valence-corrected chi connectivity index (χ1v) is 7.34. The minimum absolute atomic E-state index is 0.115. The zero-order valence-electron chi connectivity index (χ0n) is 13.8. The molecular formula is C15H14N6O5. The lowest BCUT2D eigenvalue weighted by atomic mass is 10.1. The number of non-ortho nitro benzene ring substituents is 1. The van der Waals surface area contributed by atoms with Crippen molar-refractivity contribution >= 4 is 22.6 Å². The molecule has 0 radical (unpaired) electrons. The molecule has 0 spiro atoms. The number of primary amides is 1. The van der Waals surface area contributed by atoms with E-state index in [1.807, 2.05) is 0 Å². The van der Waals surface area contributed by atoms with Gasteiger partial charge in [-0.1, -0.05) is 12.1 Å². The highest BCUT2D eigenvalue weighted by atomic mass is 16.6. The smallest absolute Gasteiger partial charge is 0.331 e. The Balaban J connectivity index is 2.48. The molecule has 0 aliphatic heterocycles. The number of carbonyl (C=O) groups excluding carboxylic acids is 1. The molecule has 2 heterocycles. The lowest BCUT2D eigenvalue weighted by Crippen LogP contribution is -2.36. The van der Waals surface area contributed by atoms with Crippen molar-refractivity contribution in [2.75, 3.05) is 5.43 Å². The molecule has 0 fully saturated rings. The van der Waals surface area contributed by atoms with Crippen LogP contribution < -0.4 is 22.4 Å². The van der Waals surface area contributed by atoms with E-state index in [4.69, 9.17) is 5.73 Å².